The molecule has 0 aliphatic heterocycles. The maximum atomic E-state index is 5.85. The number of nitrogens with two attached hydrogens (primary N) is 1. The van der Waals surface area contributed by atoms with Crippen LogP contribution in [-0.4, -0.2) is 0 Å². The van der Waals surface area contributed by atoms with Crippen molar-refractivity contribution in [3.8, 4) is 0 Å². The summed E-state index contributed by atoms with van der Waals surface area (Å²) >= 11 is 1.66. The molecule has 1 rings (SSSR count). The molecule has 0 aliphatic rings. The van der Waals surface area contributed by atoms with Crippen LogP contribution in [0.4, 0.5) is 0 Å². The lowest BCUT2D eigenvalue weighted by atomic mass is 10.2. The fourth-order valence-electron chi connectivity index (χ4n) is 0.843. The second-order valence-electron chi connectivity index (χ2n) is 2.61. The minimum Gasteiger partial charge on any atom is -0.398 e. The van der Waals surface area contributed by atoms with Crippen LogP contribution < -0.4 is 5.73 Å². The number of allylic oxidation sites excluding steroid dienone is 3. The van der Waals surface area contributed by atoms with Gasteiger partial charge in [-0.15, -0.1) is 11.3 Å². The van der Waals surface area contributed by atoms with Gasteiger partial charge < -0.3 is 5.73 Å². The molecule has 0 bridgehead atoms. The molecule has 1 heterocycles. The van der Waals surface area contributed by atoms with Crippen molar-refractivity contribution in [2.45, 2.75) is 13.8 Å². The van der Waals surface area contributed by atoms with Gasteiger partial charge in [-0.3, -0.25) is 0 Å². The summed E-state index contributed by atoms with van der Waals surface area (Å²) in [6, 6.07) is 4.03. The summed E-state index contributed by atoms with van der Waals surface area (Å²) in [6.07, 6.45) is 4.03. The molecule has 0 aromatic carbocycles. The van der Waals surface area contributed by atoms with Crippen LogP contribution in [0.2, 0.25) is 0 Å². The summed E-state index contributed by atoms with van der Waals surface area (Å²) in [7, 11) is 0. The maximum absolute atomic E-state index is 5.85. The zero-order valence-electron chi connectivity index (χ0n) is 7.37. The second-order valence-corrected chi connectivity index (χ2v) is 3.56. The molecule has 64 valence electrons. The van der Waals surface area contributed by atoms with E-state index in [0.717, 1.165) is 10.6 Å². The highest BCUT2D eigenvalue weighted by atomic mass is 32.1. The first kappa shape index (κ1) is 9.07. The quantitative estimate of drug-likeness (QED) is 0.694. The highest BCUT2D eigenvalue weighted by Gasteiger charge is 1.95. The minimum absolute atomic E-state index is 0.848. The third-order valence-electron chi connectivity index (χ3n) is 1.64. The molecule has 0 aliphatic carbocycles. The van der Waals surface area contributed by atoms with Crippen molar-refractivity contribution in [3.05, 3.63) is 40.1 Å². The highest BCUT2D eigenvalue weighted by Crippen LogP contribution is 2.16. The van der Waals surface area contributed by atoms with Crippen LogP contribution in [-0.2, 0) is 0 Å². The molecule has 0 fully saturated rings. The molecule has 0 amide bonds. The van der Waals surface area contributed by atoms with Crippen LogP contribution in [0, 0.1) is 0 Å². The van der Waals surface area contributed by atoms with Crippen molar-refractivity contribution in [2.75, 3.05) is 0 Å². The van der Waals surface area contributed by atoms with E-state index >= 15 is 0 Å². The zero-order chi connectivity index (χ0) is 8.97. The molecule has 0 saturated heterocycles. The maximum Gasteiger partial charge on any atom is 0.0499 e. The van der Waals surface area contributed by atoms with Gasteiger partial charge in [-0.1, -0.05) is 17.7 Å². The highest BCUT2D eigenvalue weighted by molar-refractivity contribution is 7.11. The van der Waals surface area contributed by atoms with Gasteiger partial charge in [0.1, 0.15) is 0 Å². The monoisotopic (exact) mass is 179 g/mol. The van der Waals surface area contributed by atoms with E-state index in [1.165, 1.54) is 5.57 Å². The molecule has 12 heavy (non-hydrogen) atoms. The smallest absolute Gasteiger partial charge is 0.0499 e. The minimum atomic E-state index is 0.848. The molecule has 2 N–H and O–H groups in total. The van der Waals surface area contributed by atoms with Gasteiger partial charge in [-0.2, -0.15) is 0 Å². The Morgan fingerprint density at radius 3 is 2.83 bits per heavy atom. The largest absolute Gasteiger partial charge is 0.398 e. The molecular weight excluding hydrogens is 166 g/mol. The second kappa shape index (κ2) is 4.12. The van der Waals surface area contributed by atoms with Crippen LogP contribution in [0.25, 0.3) is 5.70 Å². The van der Waals surface area contributed by atoms with Gasteiger partial charge in [0.05, 0.1) is 0 Å². The molecule has 0 radical (unpaired) electrons. The summed E-state index contributed by atoms with van der Waals surface area (Å²) in [4.78, 5) is 1.14. The number of rotatable bonds is 2. The van der Waals surface area contributed by atoms with Gasteiger partial charge in [0.25, 0.3) is 0 Å². The van der Waals surface area contributed by atoms with E-state index in [-0.39, 0.29) is 0 Å². The number of thiophene rings is 1. The van der Waals surface area contributed by atoms with Gasteiger partial charge in [-0.05, 0) is 31.4 Å². The Morgan fingerprint density at radius 2 is 2.33 bits per heavy atom. The lowest BCUT2D eigenvalue weighted by Crippen LogP contribution is -1.93. The van der Waals surface area contributed by atoms with E-state index in [4.69, 9.17) is 5.73 Å². The Labute approximate surface area is 77.2 Å². The average molecular weight is 179 g/mol. The van der Waals surface area contributed by atoms with Crippen molar-refractivity contribution in [1.82, 2.24) is 0 Å². The molecule has 1 aromatic rings. The van der Waals surface area contributed by atoms with Crippen LogP contribution in [0.5, 0.6) is 0 Å². The molecule has 0 unspecified atom stereocenters. The van der Waals surface area contributed by atoms with Gasteiger partial charge in [0.2, 0.25) is 0 Å². The first-order chi connectivity index (χ1) is 5.74. The standard InChI is InChI=1S/C10H13NS/c1-3-8(2)7-9(11)10-5-4-6-12-10/h3-7H,11H2,1-2H3/b8-3-,9-7-. The van der Waals surface area contributed by atoms with Gasteiger partial charge in [-0.25, -0.2) is 0 Å². The van der Waals surface area contributed by atoms with E-state index in [0.29, 0.717) is 0 Å². The van der Waals surface area contributed by atoms with Crippen molar-refractivity contribution >= 4 is 17.0 Å². The van der Waals surface area contributed by atoms with E-state index < -0.39 is 0 Å². The van der Waals surface area contributed by atoms with Crippen LogP contribution in [0.3, 0.4) is 0 Å². The molecule has 0 atom stereocenters. The number of hydrogen-bond donors (Lipinski definition) is 1. The number of hydrogen-bond acceptors (Lipinski definition) is 2. The average Bonchev–Trinajstić information content (AvgIpc) is 2.56. The Hall–Kier alpha value is -1.02. The lowest BCUT2D eigenvalue weighted by Gasteiger charge is -1.96. The van der Waals surface area contributed by atoms with Gasteiger partial charge in [0, 0.05) is 10.6 Å². The normalized spacial score (nSPS) is 13.5. The molecule has 0 saturated carbocycles. The topological polar surface area (TPSA) is 26.0 Å². The fourth-order valence-corrected chi connectivity index (χ4v) is 1.50. The van der Waals surface area contributed by atoms with E-state index in [1.807, 2.05) is 43.5 Å². The zero-order valence-corrected chi connectivity index (χ0v) is 8.19. The summed E-state index contributed by atoms with van der Waals surface area (Å²) in [5, 5.41) is 2.03. The fraction of sp³-hybridized carbons (Fsp3) is 0.200. The third kappa shape index (κ3) is 2.24. The third-order valence-corrected chi connectivity index (χ3v) is 2.56. The molecule has 2 heteroatoms. The van der Waals surface area contributed by atoms with Crippen LogP contribution in [0.15, 0.2) is 35.2 Å². The first-order valence-corrected chi connectivity index (χ1v) is 4.76. The Morgan fingerprint density at radius 1 is 1.58 bits per heavy atom. The van der Waals surface area contributed by atoms with E-state index in [1.54, 1.807) is 11.3 Å². The van der Waals surface area contributed by atoms with Crippen molar-refractivity contribution in [1.29, 1.82) is 0 Å². The predicted octanol–water partition coefficient (Wildman–Crippen LogP) is 3.01. The van der Waals surface area contributed by atoms with Gasteiger partial charge in [0.15, 0.2) is 0 Å². The van der Waals surface area contributed by atoms with Crippen molar-refractivity contribution < 1.29 is 0 Å². The van der Waals surface area contributed by atoms with Crippen LogP contribution in [0.1, 0.15) is 18.7 Å². The SMILES string of the molecule is C/C=C(C)\C=C(/N)c1cccs1. The molecule has 1 aromatic heterocycles. The summed E-state index contributed by atoms with van der Waals surface area (Å²) < 4.78 is 0. The van der Waals surface area contributed by atoms with E-state index in [2.05, 4.69) is 0 Å². The molecular formula is C10H13NS. The lowest BCUT2D eigenvalue weighted by molar-refractivity contribution is 1.45. The Balaban J connectivity index is 2.85. The van der Waals surface area contributed by atoms with Gasteiger partial charge >= 0.3 is 0 Å². The van der Waals surface area contributed by atoms with Crippen molar-refractivity contribution in [2.24, 2.45) is 5.73 Å². The first-order valence-electron chi connectivity index (χ1n) is 3.88. The predicted molar refractivity (Wildman–Crippen MR) is 55.9 cm³/mol. The summed E-state index contributed by atoms with van der Waals surface area (Å²) in [5.41, 5.74) is 7.89. The van der Waals surface area contributed by atoms with E-state index in [9.17, 15) is 0 Å². The Kier molecular flexibility index (Phi) is 3.11. The van der Waals surface area contributed by atoms with Crippen molar-refractivity contribution in [3.63, 3.8) is 0 Å². The summed E-state index contributed by atoms with van der Waals surface area (Å²) in [5.74, 6) is 0. The molecule has 0 spiro atoms. The summed E-state index contributed by atoms with van der Waals surface area (Å²) in [6.45, 7) is 4.05. The van der Waals surface area contributed by atoms with Crippen LogP contribution >= 0.6 is 11.3 Å². The Bertz CT molecular complexity index is 294. The molecule has 1 nitrogen and oxygen atoms in total.